The monoisotopic (exact) mass is 310 g/mol. The standard InChI is InChI=1S/C19H22N2O2/c22-19(23)16-7-4-6-15(12-16)13-20-17-8-5-11-21(14-17)18-9-2-1-3-10-18/h1-4,6-7,9-10,12,17,20H,5,8,11,13-14H2,(H,22,23). The first-order valence-electron chi connectivity index (χ1n) is 8.08. The maximum Gasteiger partial charge on any atom is 0.335 e. The van der Waals surface area contributed by atoms with Gasteiger partial charge in [0.2, 0.25) is 0 Å². The molecule has 120 valence electrons. The van der Waals surface area contributed by atoms with Crippen LogP contribution in [0.2, 0.25) is 0 Å². The van der Waals surface area contributed by atoms with E-state index in [4.69, 9.17) is 5.11 Å². The van der Waals surface area contributed by atoms with E-state index in [1.807, 2.05) is 12.1 Å². The third-order valence-electron chi connectivity index (χ3n) is 4.31. The Morgan fingerprint density at radius 2 is 2.00 bits per heavy atom. The fourth-order valence-electron chi connectivity index (χ4n) is 3.09. The van der Waals surface area contributed by atoms with Gasteiger partial charge in [-0.15, -0.1) is 0 Å². The Balaban J connectivity index is 1.58. The molecule has 2 aromatic rings. The van der Waals surface area contributed by atoms with Gasteiger partial charge in [0.25, 0.3) is 0 Å². The number of para-hydroxylation sites is 1. The Morgan fingerprint density at radius 3 is 2.78 bits per heavy atom. The van der Waals surface area contributed by atoms with E-state index in [1.165, 1.54) is 12.1 Å². The molecule has 0 aromatic heterocycles. The quantitative estimate of drug-likeness (QED) is 0.891. The fourth-order valence-corrected chi connectivity index (χ4v) is 3.09. The van der Waals surface area contributed by atoms with E-state index in [2.05, 4.69) is 34.5 Å². The molecule has 1 heterocycles. The molecule has 0 aliphatic carbocycles. The van der Waals surface area contributed by atoms with Crippen molar-refractivity contribution in [3.63, 3.8) is 0 Å². The van der Waals surface area contributed by atoms with E-state index in [-0.39, 0.29) is 0 Å². The van der Waals surface area contributed by atoms with E-state index < -0.39 is 5.97 Å². The molecule has 4 heteroatoms. The molecular formula is C19H22N2O2. The molecule has 2 aromatic carbocycles. The first-order valence-corrected chi connectivity index (χ1v) is 8.08. The Labute approximate surface area is 136 Å². The van der Waals surface area contributed by atoms with E-state index >= 15 is 0 Å². The van der Waals surface area contributed by atoms with Gasteiger partial charge in [0.1, 0.15) is 0 Å². The Bertz CT molecular complexity index is 657. The molecule has 0 saturated carbocycles. The van der Waals surface area contributed by atoms with Gasteiger partial charge in [0.15, 0.2) is 0 Å². The third kappa shape index (κ3) is 4.11. The van der Waals surface area contributed by atoms with E-state index in [0.29, 0.717) is 18.2 Å². The van der Waals surface area contributed by atoms with Crippen LogP contribution in [0.3, 0.4) is 0 Å². The first-order chi connectivity index (χ1) is 11.2. The van der Waals surface area contributed by atoms with Crippen LogP contribution in [-0.4, -0.2) is 30.2 Å². The van der Waals surface area contributed by atoms with Gasteiger partial charge in [0.05, 0.1) is 5.56 Å². The summed E-state index contributed by atoms with van der Waals surface area (Å²) in [4.78, 5) is 13.4. The van der Waals surface area contributed by atoms with Gasteiger partial charge in [-0.3, -0.25) is 0 Å². The number of carbonyl (C=O) groups is 1. The summed E-state index contributed by atoms with van der Waals surface area (Å²) >= 11 is 0. The summed E-state index contributed by atoms with van der Waals surface area (Å²) in [5.41, 5.74) is 2.63. The molecule has 1 aliphatic rings. The lowest BCUT2D eigenvalue weighted by molar-refractivity contribution is 0.0696. The Kier molecular flexibility index (Phi) is 4.93. The second-order valence-corrected chi connectivity index (χ2v) is 6.01. The van der Waals surface area contributed by atoms with Crippen molar-refractivity contribution in [2.75, 3.05) is 18.0 Å². The summed E-state index contributed by atoms with van der Waals surface area (Å²) in [6.07, 6.45) is 2.32. The topological polar surface area (TPSA) is 52.6 Å². The molecule has 2 N–H and O–H groups in total. The first kappa shape index (κ1) is 15.6. The molecule has 3 rings (SSSR count). The smallest absolute Gasteiger partial charge is 0.335 e. The summed E-state index contributed by atoms with van der Waals surface area (Å²) in [6, 6.07) is 18.1. The number of aromatic carboxylic acids is 1. The number of carboxylic acid groups (broad SMARTS) is 1. The summed E-state index contributed by atoms with van der Waals surface area (Å²) in [5.74, 6) is -0.875. The van der Waals surface area contributed by atoms with E-state index in [0.717, 1.165) is 25.1 Å². The number of carboxylic acids is 1. The van der Waals surface area contributed by atoms with Gasteiger partial charge >= 0.3 is 5.97 Å². The zero-order chi connectivity index (χ0) is 16.1. The molecule has 1 saturated heterocycles. The van der Waals surface area contributed by atoms with Gasteiger partial charge in [-0.05, 0) is 42.7 Å². The lowest BCUT2D eigenvalue weighted by Gasteiger charge is -2.35. The zero-order valence-corrected chi connectivity index (χ0v) is 13.1. The molecular weight excluding hydrogens is 288 g/mol. The fraction of sp³-hybridized carbons (Fsp3) is 0.316. The highest BCUT2D eigenvalue weighted by molar-refractivity contribution is 5.87. The molecule has 4 nitrogen and oxygen atoms in total. The number of nitrogens with zero attached hydrogens (tertiary/aromatic N) is 1. The van der Waals surface area contributed by atoms with Crippen molar-refractivity contribution in [1.82, 2.24) is 5.32 Å². The number of piperidine rings is 1. The predicted octanol–water partition coefficient (Wildman–Crippen LogP) is 3.14. The third-order valence-corrected chi connectivity index (χ3v) is 4.31. The number of hydrogen-bond acceptors (Lipinski definition) is 3. The van der Waals surface area contributed by atoms with Crippen LogP contribution in [0.5, 0.6) is 0 Å². The number of anilines is 1. The lowest BCUT2D eigenvalue weighted by Crippen LogP contribution is -2.45. The molecule has 1 aliphatic heterocycles. The maximum atomic E-state index is 11.0. The molecule has 0 amide bonds. The summed E-state index contributed by atoms with van der Waals surface area (Å²) in [6.45, 7) is 2.79. The second-order valence-electron chi connectivity index (χ2n) is 6.01. The van der Waals surface area contributed by atoms with Gasteiger partial charge in [-0.2, -0.15) is 0 Å². The van der Waals surface area contributed by atoms with Crippen molar-refractivity contribution in [1.29, 1.82) is 0 Å². The highest BCUT2D eigenvalue weighted by atomic mass is 16.4. The van der Waals surface area contributed by atoms with E-state index in [9.17, 15) is 4.79 Å². The summed E-state index contributed by atoms with van der Waals surface area (Å²) in [5, 5.41) is 12.6. The highest BCUT2D eigenvalue weighted by Gasteiger charge is 2.19. The number of nitrogens with one attached hydrogen (secondary N) is 1. The molecule has 23 heavy (non-hydrogen) atoms. The van der Waals surface area contributed by atoms with Crippen LogP contribution >= 0.6 is 0 Å². The molecule has 1 atom stereocenters. The van der Waals surface area contributed by atoms with Gasteiger partial charge in [-0.25, -0.2) is 4.79 Å². The van der Waals surface area contributed by atoms with Gasteiger partial charge < -0.3 is 15.3 Å². The van der Waals surface area contributed by atoms with Crippen LogP contribution < -0.4 is 10.2 Å². The van der Waals surface area contributed by atoms with Crippen LogP contribution in [-0.2, 0) is 6.54 Å². The van der Waals surface area contributed by atoms with Crippen molar-refractivity contribution in [3.05, 3.63) is 65.7 Å². The molecule has 0 radical (unpaired) electrons. The minimum absolute atomic E-state index is 0.346. The number of hydrogen-bond donors (Lipinski definition) is 2. The minimum atomic E-state index is -0.875. The van der Waals surface area contributed by atoms with Crippen molar-refractivity contribution in [2.24, 2.45) is 0 Å². The molecule has 1 fully saturated rings. The minimum Gasteiger partial charge on any atom is -0.478 e. The lowest BCUT2D eigenvalue weighted by atomic mass is 10.0. The van der Waals surface area contributed by atoms with Crippen molar-refractivity contribution in [2.45, 2.75) is 25.4 Å². The average Bonchev–Trinajstić information content (AvgIpc) is 2.61. The van der Waals surface area contributed by atoms with E-state index in [1.54, 1.807) is 18.2 Å². The van der Waals surface area contributed by atoms with Gasteiger partial charge in [0, 0.05) is 31.4 Å². The van der Waals surface area contributed by atoms with Crippen LogP contribution in [0, 0.1) is 0 Å². The summed E-state index contributed by atoms with van der Waals surface area (Å²) < 4.78 is 0. The average molecular weight is 310 g/mol. The predicted molar refractivity (Wildman–Crippen MR) is 91.9 cm³/mol. The number of benzene rings is 2. The van der Waals surface area contributed by atoms with Crippen LogP contribution in [0.1, 0.15) is 28.8 Å². The van der Waals surface area contributed by atoms with Crippen molar-refractivity contribution >= 4 is 11.7 Å². The van der Waals surface area contributed by atoms with Crippen LogP contribution in [0.4, 0.5) is 5.69 Å². The second kappa shape index (κ2) is 7.29. The largest absolute Gasteiger partial charge is 0.478 e. The number of rotatable bonds is 5. The molecule has 0 spiro atoms. The zero-order valence-electron chi connectivity index (χ0n) is 13.1. The van der Waals surface area contributed by atoms with Crippen LogP contribution in [0.15, 0.2) is 54.6 Å². The Morgan fingerprint density at radius 1 is 1.17 bits per heavy atom. The maximum absolute atomic E-state index is 11.0. The van der Waals surface area contributed by atoms with Crippen molar-refractivity contribution < 1.29 is 9.90 Å². The van der Waals surface area contributed by atoms with Crippen LogP contribution in [0.25, 0.3) is 0 Å². The van der Waals surface area contributed by atoms with Crippen molar-refractivity contribution in [3.8, 4) is 0 Å². The van der Waals surface area contributed by atoms with Gasteiger partial charge in [-0.1, -0.05) is 30.3 Å². The molecule has 0 bridgehead atoms. The molecule has 1 unspecified atom stereocenters. The normalized spacial score (nSPS) is 17.9. The summed E-state index contributed by atoms with van der Waals surface area (Å²) in [7, 11) is 0. The Hall–Kier alpha value is -2.33. The highest BCUT2D eigenvalue weighted by Crippen LogP contribution is 2.19. The SMILES string of the molecule is O=C(O)c1cccc(CNC2CCCN(c3ccccc3)C2)c1.